The smallest absolute Gasteiger partial charge is 0.164 e. The minimum atomic E-state index is -0.319. The summed E-state index contributed by atoms with van der Waals surface area (Å²) in [5.41, 5.74) is 8.93. The summed E-state index contributed by atoms with van der Waals surface area (Å²) in [4.78, 5) is 14.9. The van der Waals surface area contributed by atoms with Gasteiger partial charge in [0.1, 0.15) is 5.82 Å². The SMILES string of the molecule is Fc1ccccc1-c1cc(-n2c3ccccc3c3ccc(-c4ccccc4)cc32)ccc1-c1nc(-c2ccccc2)nc(-c2ccccc2)n1. The molecule has 2 heterocycles. The van der Waals surface area contributed by atoms with Crippen LogP contribution in [0.2, 0.25) is 0 Å². The maximum atomic E-state index is 15.8. The Kier molecular flexibility index (Phi) is 7.29. The molecule has 0 aliphatic rings. The first kappa shape index (κ1) is 29.4. The minimum absolute atomic E-state index is 0.319. The summed E-state index contributed by atoms with van der Waals surface area (Å²) in [7, 11) is 0. The van der Waals surface area contributed by atoms with Crippen LogP contribution in [0, 0.1) is 5.82 Å². The van der Waals surface area contributed by atoms with Crippen molar-refractivity contribution in [2.24, 2.45) is 0 Å². The van der Waals surface area contributed by atoms with E-state index in [1.807, 2.05) is 84.9 Å². The van der Waals surface area contributed by atoms with Crippen LogP contribution in [0.5, 0.6) is 0 Å². The highest BCUT2D eigenvalue weighted by molar-refractivity contribution is 6.10. The molecule has 0 saturated carbocycles. The molecular weight excluding hydrogens is 616 g/mol. The van der Waals surface area contributed by atoms with Crippen LogP contribution in [0.4, 0.5) is 4.39 Å². The zero-order chi connectivity index (χ0) is 33.4. The van der Waals surface area contributed by atoms with Crippen LogP contribution in [0.1, 0.15) is 0 Å². The Balaban J connectivity index is 1.31. The van der Waals surface area contributed by atoms with E-state index >= 15 is 4.39 Å². The van der Waals surface area contributed by atoms with E-state index in [9.17, 15) is 0 Å². The van der Waals surface area contributed by atoms with Crippen molar-refractivity contribution in [1.29, 1.82) is 0 Å². The normalized spacial score (nSPS) is 11.3. The van der Waals surface area contributed by atoms with Crippen LogP contribution in [-0.4, -0.2) is 19.5 Å². The number of para-hydroxylation sites is 1. The Bertz CT molecular complexity index is 2590. The molecule has 9 aromatic rings. The number of nitrogens with zero attached hydrogens (tertiary/aromatic N) is 4. The summed E-state index contributed by atoms with van der Waals surface area (Å²) in [6, 6.07) is 58.2. The number of aromatic nitrogens is 4. The van der Waals surface area contributed by atoms with E-state index in [0.29, 0.717) is 34.2 Å². The molecule has 9 rings (SSSR count). The molecule has 0 unspecified atom stereocenters. The zero-order valence-electron chi connectivity index (χ0n) is 26.9. The van der Waals surface area contributed by atoms with Gasteiger partial charge in [0.25, 0.3) is 0 Å². The second-order valence-corrected chi connectivity index (χ2v) is 12.2. The molecule has 0 saturated heterocycles. The van der Waals surface area contributed by atoms with Crippen molar-refractivity contribution in [2.45, 2.75) is 0 Å². The fourth-order valence-corrected chi connectivity index (χ4v) is 6.76. The number of hydrogen-bond acceptors (Lipinski definition) is 3. The van der Waals surface area contributed by atoms with Gasteiger partial charge in [0, 0.05) is 38.7 Å². The molecule has 7 aromatic carbocycles. The van der Waals surface area contributed by atoms with Crippen molar-refractivity contribution in [1.82, 2.24) is 19.5 Å². The van der Waals surface area contributed by atoms with Gasteiger partial charge >= 0.3 is 0 Å². The lowest BCUT2D eigenvalue weighted by Gasteiger charge is -2.16. The van der Waals surface area contributed by atoms with Crippen LogP contribution >= 0.6 is 0 Å². The van der Waals surface area contributed by atoms with Crippen molar-refractivity contribution >= 4 is 21.8 Å². The van der Waals surface area contributed by atoms with E-state index in [4.69, 9.17) is 15.0 Å². The summed E-state index contributed by atoms with van der Waals surface area (Å²) >= 11 is 0. The van der Waals surface area contributed by atoms with E-state index in [-0.39, 0.29) is 5.82 Å². The Labute approximate surface area is 288 Å². The summed E-state index contributed by atoms with van der Waals surface area (Å²) in [5, 5.41) is 2.30. The van der Waals surface area contributed by atoms with Crippen molar-refractivity contribution in [3.8, 4) is 62.1 Å². The van der Waals surface area contributed by atoms with Gasteiger partial charge in [-0.15, -0.1) is 0 Å². The van der Waals surface area contributed by atoms with Gasteiger partial charge in [-0.05, 0) is 53.1 Å². The summed E-state index contributed by atoms with van der Waals surface area (Å²) in [6.07, 6.45) is 0. The van der Waals surface area contributed by atoms with E-state index in [0.717, 1.165) is 49.7 Å². The number of fused-ring (bicyclic) bond motifs is 3. The average Bonchev–Trinajstić information content (AvgIpc) is 3.52. The molecular formula is C45H29FN4. The summed E-state index contributed by atoms with van der Waals surface area (Å²) < 4.78 is 18.1. The molecule has 0 bridgehead atoms. The molecule has 50 heavy (non-hydrogen) atoms. The van der Waals surface area contributed by atoms with Gasteiger partial charge in [0.15, 0.2) is 17.5 Å². The van der Waals surface area contributed by atoms with Gasteiger partial charge in [-0.2, -0.15) is 0 Å². The monoisotopic (exact) mass is 644 g/mol. The minimum Gasteiger partial charge on any atom is -0.309 e. The first-order valence-corrected chi connectivity index (χ1v) is 16.6. The lowest BCUT2D eigenvalue weighted by Crippen LogP contribution is -2.02. The zero-order valence-corrected chi connectivity index (χ0v) is 26.9. The van der Waals surface area contributed by atoms with Crippen molar-refractivity contribution in [3.63, 3.8) is 0 Å². The van der Waals surface area contributed by atoms with Crippen molar-refractivity contribution in [3.05, 3.63) is 182 Å². The van der Waals surface area contributed by atoms with Crippen LogP contribution in [0.15, 0.2) is 176 Å². The molecule has 5 heteroatoms. The molecule has 0 spiro atoms. The van der Waals surface area contributed by atoms with E-state index in [1.54, 1.807) is 6.07 Å². The third-order valence-electron chi connectivity index (χ3n) is 9.15. The van der Waals surface area contributed by atoms with Crippen LogP contribution < -0.4 is 0 Å². The third kappa shape index (κ3) is 5.22. The number of benzene rings is 7. The highest BCUT2D eigenvalue weighted by atomic mass is 19.1. The lowest BCUT2D eigenvalue weighted by atomic mass is 9.97. The van der Waals surface area contributed by atoms with Gasteiger partial charge in [-0.25, -0.2) is 19.3 Å². The largest absolute Gasteiger partial charge is 0.309 e. The number of halogens is 1. The van der Waals surface area contributed by atoms with Gasteiger partial charge in [-0.3, -0.25) is 0 Å². The second kappa shape index (κ2) is 12.4. The Hall–Kier alpha value is -6.72. The first-order chi connectivity index (χ1) is 24.7. The lowest BCUT2D eigenvalue weighted by molar-refractivity contribution is 0.631. The van der Waals surface area contributed by atoms with Gasteiger partial charge in [-0.1, -0.05) is 140 Å². The molecule has 0 radical (unpaired) electrons. The predicted octanol–water partition coefficient (Wildman–Crippen LogP) is 11.4. The topological polar surface area (TPSA) is 43.6 Å². The quantitative estimate of drug-likeness (QED) is 0.181. The van der Waals surface area contributed by atoms with Gasteiger partial charge in [0.2, 0.25) is 0 Å². The molecule has 0 N–H and O–H groups in total. The predicted molar refractivity (Wildman–Crippen MR) is 201 cm³/mol. The molecule has 0 amide bonds. The molecule has 0 aliphatic carbocycles. The van der Waals surface area contributed by atoms with Crippen molar-refractivity contribution < 1.29 is 4.39 Å². The molecule has 0 fully saturated rings. The third-order valence-corrected chi connectivity index (χ3v) is 9.15. The molecule has 0 aliphatic heterocycles. The first-order valence-electron chi connectivity index (χ1n) is 16.6. The maximum Gasteiger partial charge on any atom is 0.164 e. The fourth-order valence-electron chi connectivity index (χ4n) is 6.76. The molecule has 0 atom stereocenters. The van der Waals surface area contributed by atoms with E-state index in [1.165, 1.54) is 6.07 Å². The van der Waals surface area contributed by atoms with Gasteiger partial charge < -0.3 is 4.57 Å². The van der Waals surface area contributed by atoms with Crippen LogP contribution in [-0.2, 0) is 0 Å². The van der Waals surface area contributed by atoms with Gasteiger partial charge in [0.05, 0.1) is 11.0 Å². The highest BCUT2D eigenvalue weighted by Gasteiger charge is 2.20. The van der Waals surface area contributed by atoms with Crippen LogP contribution in [0.3, 0.4) is 0 Å². The summed E-state index contributed by atoms with van der Waals surface area (Å²) in [6.45, 7) is 0. The Morgan fingerprint density at radius 3 is 1.60 bits per heavy atom. The fraction of sp³-hybridized carbons (Fsp3) is 0. The number of rotatable bonds is 6. The molecule has 4 nitrogen and oxygen atoms in total. The second-order valence-electron chi connectivity index (χ2n) is 12.2. The number of hydrogen-bond donors (Lipinski definition) is 0. The summed E-state index contributed by atoms with van der Waals surface area (Å²) in [5.74, 6) is 1.25. The van der Waals surface area contributed by atoms with Crippen LogP contribution in [0.25, 0.3) is 83.9 Å². The molecule has 236 valence electrons. The molecule has 2 aromatic heterocycles. The van der Waals surface area contributed by atoms with Crippen molar-refractivity contribution in [2.75, 3.05) is 0 Å². The average molecular weight is 645 g/mol. The standard InChI is InChI=1S/C45H29FN4/c46-40-22-12-10-20-35(40)39-29-34(50-41-23-13-11-21-36(41)37-26-24-33(28-42(37)50)30-14-4-1-5-15-30)25-27-38(39)45-48-43(31-16-6-2-7-17-31)47-44(49-45)32-18-8-3-9-19-32/h1-29H. The van der Waals surface area contributed by atoms with E-state index < -0.39 is 0 Å². The Morgan fingerprint density at radius 2 is 0.920 bits per heavy atom. The highest BCUT2D eigenvalue weighted by Crippen LogP contribution is 2.39. The van der Waals surface area contributed by atoms with E-state index in [2.05, 4.69) is 83.4 Å². The Morgan fingerprint density at radius 1 is 0.360 bits per heavy atom. The maximum absolute atomic E-state index is 15.8.